The van der Waals surface area contributed by atoms with Crippen molar-refractivity contribution in [1.82, 2.24) is 19.6 Å². The van der Waals surface area contributed by atoms with Crippen LogP contribution in [-0.4, -0.2) is 30.6 Å². The molecular weight excluding hydrogens is 220 g/mol. The summed E-state index contributed by atoms with van der Waals surface area (Å²) < 4.78 is 3.02. The predicted octanol–water partition coefficient (Wildman–Crippen LogP) is 0.937. The lowest BCUT2D eigenvalue weighted by atomic mass is 10.5. The average Bonchev–Trinajstić information content (AvgIpc) is 2.76. The Labute approximate surface area is 89.7 Å². The van der Waals surface area contributed by atoms with Crippen LogP contribution in [0.1, 0.15) is 10.5 Å². The van der Waals surface area contributed by atoms with Gasteiger partial charge < -0.3 is 5.11 Å². The molecule has 0 spiro atoms. The van der Waals surface area contributed by atoms with E-state index >= 15 is 0 Å². The van der Waals surface area contributed by atoms with Gasteiger partial charge in [-0.05, 0) is 6.07 Å². The standard InChI is InChI=1S/C8H7ClN4O2/c9-6-3-10-13(4-6)5-12-2-1-7(11-12)8(14)15/h1-4H,5H2,(H,14,15). The minimum absolute atomic E-state index is 0.00764. The van der Waals surface area contributed by atoms with Crippen molar-refractivity contribution in [2.75, 3.05) is 0 Å². The molecule has 0 radical (unpaired) electrons. The van der Waals surface area contributed by atoms with Crippen molar-refractivity contribution in [3.63, 3.8) is 0 Å². The van der Waals surface area contributed by atoms with Gasteiger partial charge in [-0.15, -0.1) is 0 Å². The SMILES string of the molecule is O=C(O)c1ccn(Cn2cc(Cl)cn2)n1. The van der Waals surface area contributed by atoms with Gasteiger partial charge in [-0.1, -0.05) is 11.6 Å². The summed E-state index contributed by atoms with van der Waals surface area (Å²) in [6.07, 6.45) is 4.70. The summed E-state index contributed by atoms with van der Waals surface area (Å²) in [5, 5.41) is 16.9. The number of carbonyl (C=O) groups is 1. The number of rotatable bonds is 3. The Morgan fingerprint density at radius 2 is 2.33 bits per heavy atom. The number of carboxylic acids is 1. The molecule has 0 amide bonds. The highest BCUT2D eigenvalue weighted by Crippen LogP contribution is 2.04. The first-order chi connectivity index (χ1) is 7.15. The second-order valence-electron chi connectivity index (χ2n) is 2.89. The van der Waals surface area contributed by atoms with Gasteiger partial charge in [-0.2, -0.15) is 10.2 Å². The second-order valence-corrected chi connectivity index (χ2v) is 3.32. The summed E-state index contributed by atoms with van der Waals surface area (Å²) in [5.41, 5.74) is 0.00764. The first-order valence-electron chi connectivity index (χ1n) is 4.10. The van der Waals surface area contributed by atoms with Crippen molar-refractivity contribution in [2.24, 2.45) is 0 Å². The molecule has 0 aromatic carbocycles. The summed E-state index contributed by atoms with van der Waals surface area (Å²) in [7, 11) is 0. The van der Waals surface area contributed by atoms with Crippen molar-refractivity contribution < 1.29 is 9.90 Å². The van der Waals surface area contributed by atoms with Crippen molar-refractivity contribution in [2.45, 2.75) is 6.67 Å². The maximum Gasteiger partial charge on any atom is 0.356 e. The number of hydrogen-bond acceptors (Lipinski definition) is 3. The smallest absolute Gasteiger partial charge is 0.356 e. The molecule has 78 valence electrons. The fourth-order valence-corrected chi connectivity index (χ4v) is 1.27. The maximum atomic E-state index is 10.6. The van der Waals surface area contributed by atoms with Crippen molar-refractivity contribution in [3.8, 4) is 0 Å². The van der Waals surface area contributed by atoms with Crippen LogP contribution in [0.4, 0.5) is 0 Å². The molecule has 15 heavy (non-hydrogen) atoms. The Bertz CT molecular complexity index is 490. The van der Waals surface area contributed by atoms with E-state index in [4.69, 9.17) is 16.7 Å². The van der Waals surface area contributed by atoms with E-state index in [0.29, 0.717) is 11.7 Å². The number of carboxylic acid groups (broad SMARTS) is 1. The quantitative estimate of drug-likeness (QED) is 0.845. The largest absolute Gasteiger partial charge is 0.476 e. The Morgan fingerprint density at radius 3 is 2.87 bits per heavy atom. The predicted molar refractivity (Wildman–Crippen MR) is 51.8 cm³/mol. The zero-order valence-corrected chi connectivity index (χ0v) is 8.29. The molecule has 0 saturated carbocycles. The number of hydrogen-bond donors (Lipinski definition) is 1. The maximum absolute atomic E-state index is 10.6. The molecule has 0 fully saturated rings. The topological polar surface area (TPSA) is 72.9 Å². The molecule has 0 aliphatic heterocycles. The molecular formula is C8H7ClN4O2. The van der Waals surface area contributed by atoms with Gasteiger partial charge in [-0.25, -0.2) is 9.48 Å². The van der Waals surface area contributed by atoms with E-state index in [1.54, 1.807) is 17.1 Å². The number of nitrogens with zero attached hydrogens (tertiary/aromatic N) is 4. The third kappa shape index (κ3) is 2.16. The molecule has 2 rings (SSSR count). The second kappa shape index (κ2) is 3.74. The van der Waals surface area contributed by atoms with E-state index in [1.165, 1.54) is 16.9 Å². The summed E-state index contributed by atoms with van der Waals surface area (Å²) in [4.78, 5) is 10.6. The van der Waals surface area contributed by atoms with Crippen LogP contribution in [0.2, 0.25) is 5.02 Å². The van der Waals surface area contributed by atoms with E-state index in [2.05, 4.69) is 10.2 Å². The number of aromatic carboxylic acids is 1. The van der Waals surface area contributed by atoms with Gasteiger partial charge in [0.15, 0.2) is 5.69 Å². The van der Waals surface area contributed by atoms with E-state index in [0.717, 1.165) is 0 Å². The number of halogens is 1. The minimum atomic E-state index is -1.05. The molecule has 6 nitrogen and oxygen atoms in total. The van der Waals surface area contributed by atoms with Gasteiger partial charge in [0.25, 0.3) is 0 Å². The Morgan fingerprint density at radius 1 is 1.53 bits per heavy atom. The highest BCUT2D eigenvalue weighted by atomic mass is 35.5. The molecule has 0 aliphatic carbocycles. The fraction of sp³-hybridized carbons (Fsp3) is 0.125. The molecule has 0 aliphatic rings. The molecule has 7 heteroatoms. The molecule has 0 unspecified atom stereocenters. The highest BCUT2D eigenvalue weighted by molar-refractivity contribution is 6.30. The lowest BCUT2D eigenvalue weighted by Crippen LogP contribution is -2.10. The van der Waals surface area contributed by atoms with Crippen LogP contribution in [0.3, 0.4) is 0 Å². The van der Waals surface area contributed by atoms with Gasteiger partial charge in [0.2, 0.25) is 0 Å². The third-order valence-corrected chi connectivity index (χ3v) is 1.95. The van der Waals surface area contributed by atoms with Gasteiger partial charge in [0, 0.05) is 12.4 Å². The number of aromatic nitrogens is 4. The zero-order chi connectivity index (χ0) is 10.8. The summed E-state index contributed by atoms with van der Waals surface area (Å²) in [6.45, 7) is 0.333. The van der Waals surface area contributed by atoms with E-state index in [9.17, 15) is 4.79 Å². The summed E-state index contributed by atoms with van der Waals surface area (Å²) in [6, 6.07) is 1.42. The highest BCUT2D eigenvalue weighted by Gasteiger charge is 2.06. The Balaban J connectivity index is 2.14. The van der Waals surface area contributed by atoms with Gasteiger partial charge in [0.05, 0.1) is 11.2 Å². The van der Waals surface area contributed by atoms with Crippen molar-refractivity contribution in [3.05, 3.63) is 35.4 Å². The normalized spacial score (nSPS) is 10.5. The molecule has 2 heterocycles. The van der Waals surface area contributed by atoms with E-state index in [-0.39, 0.29) is 5.69 Å². The Hall–Kier alpha value is -1.82. The van der Waals surface area contributed by atoms with Crippen LogP contribution < -0.4 is 0 Å². The van der Waals surface area contributed by atoms with Crippen LogP contribution >= 0.6 is 11.6 Å². The van der Waals surface area contributed by atoms with E-state index in [1.807, 2.05) is 0 Å². The van der Waals surface area contributed by atoms with Gasteiger partial charge in [0.1, 0.15) is 6.67 Å². The van der Waals surface area contributed by atoms with Crippen LogP contribution in [0.25, 0.3) is 0 Å². The lowest BCUT2D eigenvalue weighted by Gasteiger charge is -2.00. The average molecular weight is 227 g/mol. The fourth-order valence-electron chi connectivity index (χ4n) is 1.12. The first kappa shape index (κ1) is 9.72. The van der Waals surface area contributed by atoms with Gasteiger partial charge >= 0.3 is 5.97 Å². The van der Waals surface area contributed by atoms with Crippen LogP contribution in [0, 0.1) is 0 Å². The molecule has 0 bridgehead atoms. The van der Waals surface area contributed by atoms with Crippen LogP contribution in [0.15, 0.2) is 24.7 Å². The lowest BCUT2D eigenvalue weighted by molar-refractivity contribution is 0.0689. The molecule has 0 atom stereocenters. The minimum Gasteiger partial charge on any atom is -0.476 e. The van der Waals surface area contributed by atoms with Crippen LogP contribution in [-0.2, 0) is 6.67 Å². The van der Waals surface area contributed by atoms with Crippen molar-refractivity contribution >= 4 is 17.6 Å². The monoisotopic (exact) mass is 226 g/mol. The molecule has 0 saturated heterocycles. The molecule has 2 aromatic rings. The van der Waals surface area contributed by atoms with Gasteiger partial charge in [-0.3, -0.25) is 4.68 Å². The third-order valence-electron chi connectivity index (χ3n) is 1.75. The van der Waals surface area contributed by atoms with Crippen LogP contribution in [0.5, 0.6) is 0 Å². The van der Waals surface area contributed by atoms with E-state index < -0.39 is 5.97 Å². The zero-order valence-electron chi connectivity index (χ0n) is 7.54. The Kier molecular flexibility index (Phi) is 2.42. The molecule has 1 N–H and O–H groups in total. The molecule has 2 aromatic heterocycles. The first-order valence-corrected chi connectivity index (χ1v) is 4.47. The summed E-state index contributed by atoms with van der Waals surface area (Å²) >= 11 is 5.68. The van der Waals surface area contributed by atoms with Crippen molar-refractivity contribution in [1.29, 1.82) is 0 Å². The summed E-state index contributed by atoms with van der Waals surface area (Å²) in [5.74, 6) is -1.05.